The Morgan fingerprint density at radius 2 is 2.64 bits per heavy atom. The van der Waals surface area contributed by atoms with Crippen LogP contribution in [-0.2, 0) is 6.42 Å². The average Bonchev–Trinajstić information content (AvgIpc) is 2.34. The van der Waals surface area contributed by atoms with Crippen LogP contribution in [0.15, 0.2) is 5.38 Å². The van der Waals surface area contributed by atoms with Gasteiger partial charge in [0.1, 0.15) is 6.07 Å². The first-order chi connectivity index (χ1) is 5.22. The van der Waals surface area contributed by atoms with Gasteiger partial charge in [-0.2, -0.15) is 5.26 Å². The van der Waals surface area contributed by atoms with E-state index in [4.69, 9.17) is 11.0 Å². The van der Waals surface area contributed by atoms with Gasteiger partial charge < -0.3 is 5.73 Å². The van der Waals surface area contributed by atoms with Gasteiger partial charge in [0.2, 0.25) is 0 Å². The molecule has 0 bridgehead atoms. The highest BCUT2D eigenvalue weighted by Crippen LogP contribution is 2.09. The molecule has 1 rings (SSSR count). The number of nitrogens with two attached hydrogens (primary N) is 1. The molecule has 0 spiro atoms. The predicted octanol–water partition coefficient (Wildman–Crippen LogP) is 0.904. The number of nitrogens with zero attached hydrogens (tertiary/aromatic N) is 2. The molecule has 1 atom stereocenters. The van der Waals surface area contributed by atoms with Crippen molar-refractivity contribution < 1.29 is 0 Å². The van der Waals surface area contributed by atoms with Crippen LogP contribution in [0.4, 0.5) is 0 Å². The van der Waals surface area contributed by atoms with E-state index in [-0.39, 0.29) is 6.04 Å². The van der Waals surface area contributed by atoms with Gasteiger partial charge in [-0.05, 0) is 6.92 Å². The Bertz CT molecular complexity index is 271. The van der Waals surface area contributed by atoms with Gasteiger partial charge in [0.05, 0.1) is 5.01 Å². The third-order valence-corrected chi connectivity index (χ3v) is 2.03. The van der Waals surface area contributed by atoms with Crippen molar-refractivity contribution in [3.05, 3.63) is 16.1 Å². The smallest absolute Gasteiger partial charge is 0.151 e. The summed E-state index contributed by atoms with van der Waals surface area (Å²) in [5.41, 5.74) is 6.05. The molecule has 0 saturated heterocycles. The summed E-state index contributed by atoms with van der Waals surface area (Å²) in [6.45, 7) is 1.92. The van der Waals surface area contributed by atoms with Crippen LogP contribution in [0.2, 0.25) is 0 Å². The summed E-state index contributed by atoms with van der Waals surface area (Å²) in [5.74, 6) is 0. The lowest BCUT2D eigenvalue weighted by molar-refractivity contribution is 0.733. The van der Waals surface area contributed by atoms with Crippen LogP contribution in [0, 0.1) is 11.3 Å². The normalized spacial score (nSPS) is 12.5. The summed E-state index contributed by atoms with van der Waals surface area (Å²) in [4.78, 5) is 4.05. The van der Waals surface area contributed by atoms with Gasteiger partial charge in [-0.15, -0.1) is 11.3 Å². The van der Waals surface area contributed by atoms with Crippen LogP contribution in [0.1, 0.15) is 17.6 Å². The zero-order valence-electron chi connectivity index (χ0n) is 6.24. The highest BCUT2D eigenvalue weighted by Gasteiger charge is 2.02. The summed E-state index contributed by atoms with van der Waals surface area (Å²) >= 11 is 1.49. The number of hydrogen-bond acceptors (Lipinski definition) is 4. The maximum atomic E-state index is 8.45. The van der Waals surface area contributed by atoms with Crippen LogP contribution < -0.4 is 5.73 Å². The first-order valence-corrected chi connectivity index (χ1v) is 4.20. The maximum Gasteiger partial charge on any atom is 0.151 e. The summed E-state index contributed by atoms with van der Waals surface area (Å²) in [7, 11) is 0. The van der Waals surface area contributed by atoms with Crippen molar-refractivity contribution in [3.63, 3.8) is 0 Å². The molecule has 1 aromatic heterocycles. The number of nitriles is 1. The molecule has 0 aliphatic rings. The Labute approximate surface area is 69.5 Å². The Kier molecular flexibility index (Phi) is 2.58. The molecule has 4 heteroatoms. The highest BCUT2D eigenvalue weighted by molar-refractivity contribution is 7.09. The van der Waals surface area contributed by atoms with Crippen molar-refractivity contribution in [2.45, 2.75) is 19.4 Å². The van der Waals surface area contributed by atoms with Crippen molar-refractivity contribution in [1.82, 2.24) is 4.98 Å². The standard InChI is InChI=1S/C7H9N3S/c1-5(9)2-7-10-6(3-8)4-11-7/h4-5H,2,9H2,1H3/t5-/m0/s1. The van der Waals surface area contributed by atoms with Crippen molar-refractivity contribution >= 4 is 11.3 Å². The van der Waals surface area contributed by atoms with Gasteiger partial charge in [0.15, 0.2) is 5.69 Å². The molecule has 0 saturated carbocycles. The topological polar surface area (TPSA) is 62.7 Å². The van der Waals surface area contributed by atoms with E-state index in [0.29, 0.717) is 5.69 Å². The summed E-state index contributed by atoms with van der Waals surface area (Å²) in [5, 5.41) is 11.1. The Morgan fingerprint density at radius 3 is 3.09 bits per heavy atom. The van der Waals surface area contributed by atoms with Gasteiger partial charge in [-0.25, -0.2) is 4.98 Å². The maximum absolute atomic E-state index is 8.45. The van der Waals surface area contributed by atoms with Gasteiger partial charge in [0, 0.05) is 17.8 Å². The second kappa shape index (κ2) is 3.46. The SMILES string of the molecule is C[C@H](N)Cc1nc(C#N)cs1. The molecule has 3 nitrogen and oxygen atoms in total. The van der Waals surface area contributed by atoms with E-state index in [1.54, 1.807) is 5.38 Å². The summed E-state index contributed by atoms with van der Waals surface area (Å²) < 4.78 is 0. The molecule has 11 heavy (non-hydrogen) atoms. The molecule has 1 aromatic rings. The molecule has 0 amide bonds. The molecule has 0 fully saturated rings. The van der Waals surface area contributed by atoms with Crippen LogP contribution in [-0.4, -0.2) is 11.0 Å². The van der Waals surface area contributed by atoms with E-state index in [2.05, 4.69) is 4.98 Å². The third kappa shape index (κ3) is 2.30. The number of rotatable bonds is 2. The van der Waals surface area contributed by atoms with Gasteiger partial charge in [-0.1, -0.05) is 0 Å². The quantitative estimate of drug-likeness (QED) is 0.712. The molecular weight excluding hydrogens is 158 g/mol. The van der Waals surface area contributed by atoms with E-state index in [9.17, 15) is 0 Å². The molecular formula is C7H9N3S. The summed E-state index contributed by atoms with van der Waals surface area (Å²) in [6.07, 6.45) is 0.756. The number of aromatic nitrogens is 1. The fraction of sp³-hybridized carbons (Fsp3) is 0.429. The first kappa shape index (κ1) is 8.18. The van der Waals surface area contributed by atoms with Crippen LogP contribution in [0.25, 0.3) is 0 Å². The average molecular weight is 167 g/mol. The largest absolute Gasteiger partial charge is 0.328 e. The molecule has 0 aliphatic carbocycles. The zero-order chi connectivity index (χ0) is 8.27. The van der Waals surface area contributed by atoms with Crippen molar-refractivity contribution in [2.24, 2.45) is 5.73 Å². The Morgan fingerprint density at radius 1 is 1.91 bits per heavy atom. The summed E-state index contributed by atoms with van der Waals surface area (Å²) in [6, 6.07) is 2.10. The van der Waals surface area contributed by atoms with E-state index in [0.717, 1.165) is 11.4 Å². The van der Waals surface area contributed by atoms with E-state index < -0.39 is 0 Å². The lowest BCUT2D eigenvalue weighted by atomic mass is 10.3. The molecule has 58 valence electrons. The van der Waals surface area contributed by atoms with Crippen molar-refractivity contribution in [3.8, 4) is 6.07 Å². The second-order valence-corrected chi connectivity index (χ2v) is 3.36. The lowest BCUT2D eigenvalue weighted by Gasteiger charge is -1.98. The number of thiazole rings is 1. The Balaban J connectivity index is 2.67. The van der Waals surface area contributed by atoms with Gasteiger partial charge >= 0.3 is 0 Å². The van der Waals surface area contributed by atoms with Crippen LogP contribution in [0.5, 0.6) is 0 Å². The molecule has 2 N–H and O–H groups in total. The number of hydrogen-bond donors (Lipinski definition) is 1. The first-order valence-electron chi connectivity index (χ1n) is 3.32. The van der Waals surface area contributed by atoms with Crippen LogP contribution in [0.3, 0.4) is 0 Å². The third-order valence-electron chi connectivity index (χ3n) is 1.16. The molecule has 0 unspecified atom stereocenters. The predicted molar refractivity (Wildman–Crippen MR) is 44.2 cm³/mol. The second-order valence-electron chi connectivity index (χ2n) is 2.42. The van der Waals surface area contributed by atoms with Crippen molar-refractivity contribution in [2.75, 3.05) is 0 Å². The molecule has 0 aliphatic heterocycles. The zero-order valence-corrected chi connectivity index (χ0v) is 7.06. The van der Waals surface area contributed by atoms with Gasteiger partial charge in [0.25, 0.3) is 0 Å². The molecule has 1 heterocycles. The highest BCUT2D eigenvalue weighted by atomic mass is 32.1. The van der Waals surface area contributed by atoms with Gasteiger partial charge in [-0.3, -0.25) is 0 Å². The van der Waals surface area contributed by atoms with E-state index in [1.807, 2.05) is 13.0 Å². The minimum atomic E-state index is 0.118. The van der Waals surface area contributed by atoms with Crippen LogP contribution >= 0.6 is 11.3 Å². The van der Waals surface area contributed by atoms with Crippen molar-refractivity contribution in [1.29, 1.82) is 5.26 Å². The Hall–Kier alpha value is -0.920. The monoisotopic (exact) mass is 167 g/mol. The van der Waals surface area contributed by atoms with E-state index >= 15 is 0 Å². The minimum Gasteiger partial charge on any atom is -0.328 e. The van der Waals surface area contributed by atoms with E-state index in [1.165, 1.54) is 11.3 Å². The fourth-order valence-electron chi connectivity index (χ4n) is 0.731. The molecule has 0 radical (unpaired) electrons. The minimum absolute atomic E-state index is 0.118. The molecule has 0 aromatic carbocycles. The lowest BCUT2D eigenvalue weighted by Crippen LogP contribution is -2.17. The fourth-order valence-corrected chi connectivity index (χ4v) is 1.59.